The maximum Gasteiger partial charge on any atom is 0.329 e. The number of esters is 1. The van der Waals surface area contributed by atoms with Crippen molar-refractivity contribution >= 4 is 39.6 Å². The van der Waals surface area contributed by atoms with Crippen LogP contribution in [-0.2, 0) is 24.3 Å². The van der Waals surface area contributed by atoms with Gasteiger partial charge in [-0.05, 0) is 49.6 Å². The monoisotopic (exact) mass is 563 g/mol. The number of rotatable bonds is 11. The topological polar surface area (TPSA) is 122 Å². The minimum atomic E-state index is -3.65. The molecule has 10 nitrogen and oxygen atoms in total. The number of amides is 2. The van der Waals surface area contributed by atoms with Crippen LogP contribution in [0.15, 0.2) is 53.4 Å². The Morgan fingerprint density at radius 3 is 2.32 bits per heavy atom. The van der Waals surface area contributed by atoms with Crippen LogP contribution < -0.4 is 10.1 Å². The molecule has 2 aromatic carbocycles. The number of hydrogen-bond acceptors (Lipinski definition) is 8. The molecule has 1 aliphatic rings. The van der Waals surface area contributed by atoms with Crippen LogP contribution in [0.5, 0.6) is 5.75 Å². The number of benzene rings is 2. The second-order valence-electron chi connectivity index (χ2n) is 8.71. The Bertz CT molecular complexity index is 1230. The molecule has 38 heavy (non-hydrogen) atoms. The second-order valence-corrected chi connectivity index (χ2v) is 11.6. The van der Waals surface area contributed by atoms with E-state index in [1.165, 1.54) is 28.1 Å². The van der Waals surface area contributed by atoms with Gasteiger partial charge in [-0.2, -0.15) is 16.1 Å². The molecule has 0 bridgehead atoms. The van der Waals surface area contributed by atoms with Gasteiger partial charge in [0.2, 0.25) is 10.0 Å². The average molecular weight is 564 g/mol. The maximum atomic E-state index is 12.9. The Hall–Kier alpha value is -3.09. The molecule has 1 atom stereocenters. The number of sulfonamides is 1. The zero-order valence-corrected chi connectivity index (χ0v) is 23.3. The normalized spacial score (nSPS) is 15.0. The van der Waals surface area contributed by atoms with E-state index in [0.29, 0.717) is 17.9 Å². The summed E-state index contributed by atoms with van der Waals surface area (Å²) in [5, 5.41) is 2.68. The van der Waals surface area contributed by atoms with Crippen molar-refractivity contribution in [1.29, 1.82) is 0 Å². The lowest BCUT2D eigenvalue weighted by atomic mass is 10.1. The predicted molar refractivity (Wildman–Crippen MR) is 145 cm³/mol. The van der Waals surface area contributed by atoms with Gasteiger partial charge in [-0.25, -0.2) is 13.2 Å². The zero-order chi connectivity index (χ0) is 27.7. The summed E-state index contributed by atoms with van der Waals surface area (Å²) in [5.41, 5.74) is 1.25. The maximum absolute atomic E-state index is 12.9. The number of carbonyl (C=O) groups is 3. The van der Waals surface area contributed by atoms with Gasteiger partial charge in [0.25, 0.3) is 11.8 Å². The van der Waals surface area contributed by atoms with Crippen LogP contribution in [0.25, 0.3) is 0 Å². The van der Waals surface area contributed by atoms with Crippen molar-refractivity contribution in [2.24, 2.45) is 0 Å². The fourth-order valence-corrected chi connectivity index (χ4v) is 5.81. The Morgan fingerprint density at radius 2 is 1.68 bits per heavy atom. The lowest BCUT2D eigenvalue weighted by Gasteiger charge is -2.34. The van der Waals surface area contributed by atoms with E-state index in [9.17, 15) is 22.8 Å². The van der Waals surface area contributed by atoms with E-state index in [0.717, 1.165) is 5.56 Å². The van der Waals surface area contributed by atoms with E-state index in [1.807, 2.05) is 13.2 Å². The number of hydrogen-bond donors (Lipinski definition) is 1. The first-order chi connectivity index (χ1) is 18.2. The summed E-state index contributed by atoms with van der Waals surface area (Å²) < 4.78 is 37.6. The molecule has 1 heterocycles. The highest BCUT2D eigenvalue weighted by atomic mass is 32.2. The molecule has 0 saturated carbocycles. The van der Waals surface area contributed by atoms with Gasteiger partial charge in [0.15, 0.2) is 6.61 Å². The third-order valence-corrected chi connectivity index (χ3v) is 8.70. The Balaban J connectivity index is 1.54. The molecule has 1 saturated heterocycles. The van der Waals surface area contributed by atoms with Gasteiger partial charge in [0.05, 0.1) is 17.6 Å². The van der Waals surface area contributed by atoms with Gasteiger partial charge in [-0.15, -0.1) is 0 Å². The van der Waals surface area contributed by atoms with E-state index in [2.05, 4.69) is 5.32 Å². The highest BCUT2D eigenvalue weighted by Gasteiger charge is 2.31. The minimum absolute atomic E-state index is 0.140. The molecule has 206 valence electrons. The quantitative estimate of drug-likeness (QED) is 0.412. The lowest BCUT2D eigenvalue weighted by Crippen LogP contribution is -2.51. The van der Waals surface area contributed by atoms with Crippen molar-refractivity contribution in [2.45, 2.75) is 24.3 Å². The van der Waals surface area contributed by atoms with Crippen LogP contribution in [0.2, 0.25) is 0 Å². The summed E-state index contributed by atoms with van der Waals surface area (Å²) >= 11 is 1.51. The van der Waals surface area contributed by atoms with Crippen LogP contribution in [0, 0.1) is 6.92 Å². The number of ether oxygens (including phenoxy) is 2. The standard InChI is InChI=1S/C26H33N3O7S2/c1-19-8-10-20(11-9-19)38(33,34)29-15-13-28(14-16-29)24(30)18-36-26(32)22(12-17-37-3)27-25(31)21-6-4-5-7-23(21)35-2/h4-11,22H,12-18H2,1-3H3,(H,27,31)/t22-/m1/s1. The molecule has 3 rings (SSSR count). The average Bonchev–Trinajstić information content (AvgIpc) is 2.93. The van der Waals surface area contributed by atoms with Crippen LogP contribution in [-0.4, -0.2) is 93.4 Å². The number of nitrogens with one attached hydrogen (secondary N) is 1. The van der Waals surface area contributed by atoms with Crippen LogP contribution in [0.3, 0.4) is 0 Å². The largest absolute Gasteiger partial charge is 0.496 e. The molecule has 2 aromatic rings. The highest BCUT2D eigenvalue weighted by Crippen LogP contribution is 2.19. The second kappa shape index (κ2) is 13.6. The molecular formula is C26H33N3O7S2. The van der Waals surface area contributed by atoms with Gasteiger partial charge < -0.3 is 19.7 Å². The van der Waals surface area contributed by atoms with Gasteiger partial charge in [0, 0.05) is 26.2 Å². The molecule has 0 spiro atoms. The van der Waals surface area contributed by atoms with Crippen molar-refractivity contribution in [3.63, 3.8) is 0 Å². The summed E-state index contributed by atoms with van der Waals surface area (Å²) in [7, 11) is -2.20. The third kappa shape index (κ3) is 7.49. The molecule has 2 amide bonds. The SMILES string of the molecule is COc1ccccc1C(=O)N[C@H](CCSC)C(=O)OCC(=O)N1CCN(S(=O)(=O)c2ccc(C)cc2)CC1. The van der Waals surface area contributed by atoms with Crippen LogP contribution >= 0.6 is 11.8 Å². The number of nitrogens with zero attached hydrogens (tertiary/aromatic N) is 2. The number of carbonyl (C=O) groups excluding carboxylic acids is 3. The Morgan fingerprint density at radius 1 is 1.03 bits per heavy atom. The van der Waals surface area contributed by atoms with E-state index in [4.69, 9.17) is 9.47 Å². The first kappa shape index (κ1) is 29.5. The number of thioether (sulfide) groups is 1. The van der Waals surface area contributed by atoms with Gasteiger partial charge >= 0.3 is 5.97 Å². The smallest absolute Gasteiger partial charge is 0.329 e. The minimum Gasteiger partial charge on any atom is -0.496 e. The summed E-state index contributed by atoms with van der Waals surface area (Å²) in [6.45, 7) is 2.03. The highest BCUT2D eigenvalue weighted by molar-refractivity contribution is 7.98. The summed E-state index contributed by atoms with van der Waals surface area (Å²) in [4.78, 5) is 40.0. The number of para-hydroxylation sites is 1. The lowest BCUT2D eigenvalue weighted by molar-refractivity contribution is -0.154. The summed E-state index contributed by atoms with van der Waals surface area (Å²) in [5.74, 6) is -0.651. The van der Waals surface area contributed by atoms with E-state index in [1.54, 1.807) is 48.5 Å². The fourth-order valence-electron chi connectivity index (χ4n) is 3.91. The molecule has 0 aromatic heterocycles. The van der Waals surface area contributed by atoms with E-state index in [-0.39, 0.29) is 36.6 Å². The first-order valence-electron chi connectivity index (χ1n) is 12.1. The summed E-state index contributed by atoms with van der Waals surface area (Å²) in [6.07, 6.45) is 2.21. The van der Waals surface area contributed by atoms with E-state index >= 15 is 0 Å². The fraction of sp³-hybridized carbons (Fsp3) is 0.423. The van der Waals surface area contributed by atoms with Gasteiger partial charge in [0.1, 0.15) is 11.8 Å². The Kier molecular flexibility index (Phi) is 10.6. The van der Waals surface area contributed by atoms with Crippen LogP contribution in [0.1, 0.15) is 22.3 Å². The molecule has 1 N–H and O–H groups in total. The molecule has 0 aliphatic carbocycles. The van der Waals surface area contributed by atoms with Gasteiger partial charge in [-0.3, -0.25) is 9.59 Å². The first-order valence-corrected chi connectivity index (χ1v) is 14.9. The van der Waals surface area contributed by atoms with Gasteiger partial charge in [-0.1, -0.05) is 29.8 Å². The zero-order valence-electron chi connectivity index (χ0n) is 21.7. The number of aryl methyl sites for hydroxylation is 1. The molecule has 0 unspecified atom stereocenters. The van der Waals surface area contributed by atoms with Crippen molar-refractivity contribution in [1.82, 2.24) is 14.5 Å². The summed E-state index contributed by atoms with van der Waals surface area (Å²) in [6, 6.07) is 12.4. The van der Waals surface area contributed by atoms with Crippen molar-refractivity contribution in [3.05, 3.63) is 59.7 Å². The van der Waals surface area contributed by atoms with Crippen molar-refractivity contribution in [3.8, 4) is 5.75 Å². The van der Waals surface area contributed by atoms with Crippen molar-refractivity contribution < 1.29 is 32.3 Å². The number of methoxy groups -OCH3 is 1. The number of piperazine rings is 1. The van der Waals surface area contributed by atoms with Crippen LogP contribution in [0.4, 0.5) is 0 Å². The Labute approximate surface area is 227 Å². The molecule has 1 aliphatic heterocycles. The molecule has 0 radical (unpaired) electrons. The third-order valence-electron chi connectivity index (χ3n) is 6.14. The van der Waals surface area contributed by atoms with E-state index < -0.39 is 40.5 Å². The molecule has 1 fully saturated rings. The molecule has 12 heteroatoms. The molecular weight excluding hydrogens is 530 g/mol. The predicted octanol–water partition coefficient (Wildman–Crippen LogP) is 1.93. The van der Waals surface area contributed by atoms with Crippen molar-refractivity contribution in [2.75, 3.05) is 51.9 Å².